The maximum atomic E-state index is 14.2. The number of carbonyl (C=O) groups is 2. The SMILES string of the molecule is CCCNC(=O)[C@@H](Cc1ccccc1)N(Cc1cccc(Br)c1)C(=O)CSCc1c(F)cccc1Cl. The number of rotatable bonds is 12. The van der Waals surface area contributed by atoms with Crippen LogP contribution >= 0.6 is 39.3 Å². The summed E-state index contributed by atoms with van der Waals surface area (Å²) in [4.78, 5) is 28.5. The van der Waals surface area contributed by atoms with Gasteiger partial charge in [0, 0.05) is 40.3 Å². The second-order valence-electron chi connectivity index (χ2n) is 8.34. The standard InChI is InChI=1S/C28H29BrClFN2O2S/c1-2-14-32-28(35)26(16-20-8-4-3-5-9-20)33(17-21-10-6-11-22(29)15-21)27(34)19-36-18-23-24(30)12-7-13-25(23)31/h3-13,15,26H,2,14,16-19H2,1H3,(H,32,35)/t26-/m1/s1. The number of nitrogens with one attached hydrogen (secondary N) is 1. The normalized spacial score (nSPS) is 11.7. The largest absolute Gasteiger partial charge is 0.354 e. The molecule has 0 aliphatic carbocycles. The predicted molar refractivity (Wildman–Crippen MR) is 149 cm³/mol. The summed E-state index contributed by atoms with van der Waals surface area (Å²) in [5.41, 5.74) is 2.24. The summed E-state index contributed by atoms with van der Waals surface area (Å²) in [6.07, 6.45) is 1.18. The fourth-order valence-corrected chi connectivity index (χ4v) is 5.44. The Morgan fingerprint density at radius 3 is 2.47 bits per heavy atom. The van der Waals surface area contributed by atoms with E-state index in [1.54, 1.807) is 17.0 Å². The average molecular weight is 592 g/mol. The predicted octanol–water partition coefficient (Wildman–Crippen LogP) is 6.64. The van der Waals surface area contributed by atoms with E-state index in [4.69, 9.17) is 11.6 Å². The molecule has 0 spiro atoms. The third kappa shape index (κ3) is 8.36. The molecule has 0 radical (unpaired) electrons. The molecule has 0 heterocycles. The topological polar surface area (TPSA) is 49.4 Å². The van der Waals surface area contributed by atoms with Crippen molar-refractivity contribution in [1.29, 1.82) is 0 Å². The number of benzene rings is 3. The van der Waals surface area contributed by atoms with E-state index < -0.39 is 11.9 Å². The third-order valence-corrected chi connectivity index (χ3v) is 7.39. The molecular weight excluding hydrogens is 563 g/mol. The van der Waals surface area contributed by atoms with Gasteiger partial charge in [-0.3, -0.25) is 9.59 Å². The number of nitrogens with zero attached hydrogens (tertiary/aromatic N) is 1. The van der Waals surface area contributed by atoms with Crippen LogP contribution in [-0.2, 0) is 28.3 Å². The first-order valence-electron chi connectivity index (χ1n) is 11.7. The van der Waals surface area contributed by atoms with Crippen molar-refractivity contribution in [3.8, 4) is 0 Å². The van der Waals surface area contributed by atoms with Crippen LogP contribution in [0.4, 0.5) is 4.39 Å². The van der Waals surface area contributed by atoms with Gasteiger partial charge >= 0.3 is 0 Å². The van der Waals surface area contributed by atoms with Crippen LogP contribution in [0.5, 0.6) is 0 Å². The molecule has 4 nitrogen and oxygen atoms in total. The molecule has 0 aliphatic heterocycles. The Balaban J connectivity index is 1.85. The molecular formula is C28H29BrClFN2O2S. The molecule has 0 aromatic heterocycles. The highest BCUT2D eigenvalue weighted by molar-refractivity contribution is 9.10. The maximum absolute atomic E-state index is 14.2. The molecule has 2 amide bonds. The van der Waals surface area contributed by atoms with E-state index >= 15 is 0 Å². The second kappa shape index (κ2) is 14.4. The average Bonchev–Trinajstić information content (AvgIpc) is 2.87. The zero-order valence-corrected chi connectivity index (χ0v) is 23.2. The van der Waals surface area contributed by atoms with Gasteiger partial charge in [-0.2, -0.15) is 0 Å². The smallest absolute Gasteiger partial charge is 0.243 e. The number of amides is 2. The van der Waals surface area contributed by atoms with Crippen molar-refractivity contribution in [2.75, 3.05) is 12.3 Å². The monoisotopic (exact) mass is 590 g/mol. The van der Waals surface area contributed by atoms with Crippen molar-refractivity contribution in [1.82, 2.24) is 10.2 Å². The molecule has 1 atom stereocenters. The molecule has 0 saturated carbocycles. The second-order valence-corrected chi connectivity index (χ2v) is 10.6. The molecule has 0 fully saturated rings. The summed E-state index contributed by atoms with van der Waals surface area (Å²) in [6, 6.07) is 21.2. The molecule has 190 valence electrons. The van der Waals surface area contributed by atoms with E-state index in [1.807, 2.05) is 61.5 Å². The molecule has 36 heavy (non-hydrogen) atoms. The molecule has 0 bridgehead atoms. The maximum Gasteiger partial charge on any atom is 0.243 e. The molecule has 0 saturated heterocycles. The van der Waals surface area contributed by atoms with Crippen molar-refractivity contribution < 1.29 is 14.0 Å². The van der Waals surface area contributed by atoms with Gasteiger partial charge in [0.05, 0.1) is 5.75 Å². The number of thioether (sulfide) groups is 1. The van der Waals surface area contributed by atoms with E-state index in [9.17, 15) is 14.0 Å². The van der Waals surface area contributed by atoms with Crippen LogP contribution in [-0.4, -0.2) is 35.1 Å². The zero-order chi connectivity index (χ0) is 25.9. The number of carbonyl (C=O) groups excluding carboxylic acids is 2. The van der Waals surface area contributed by atoms with Gasteiger partial charge in [-0.1, -0.05) is 83.0 Å². The van der Waals surface area contributed by atoms with Crippen LogP contribution in [0.2, 0.25) is 5.02 Å². The lowest BCUT2D eigenvalue weighted by molar-refractivity contribution is -0.139. The highest BCUT2D eigenvalue weighted by Crippen LogP contribution is 2.25. The van der Waals surface area contributed by atoms with Crippen molar-refractivity contribution in [2.45, 2.75) is 38.1 Å². The summed E-state index contributed by atoms with van der Waals surface area (Å²) in [6.45, 7) is 2.79. The molecule has 3 rings (SSSR count). The van der Waals surface area contributed by atoms with E-state index in [2.05, 4.69) is 21.2 Å². The summed E-state index contributed by atoms with van der Waals surface area (Å²) >= 11 is 10.9. The Hall–Kier alpha value is -2.35. The number of hydrogen-bond donors (Lipinski definition) is 1. The first-order valence-corrected chi connectivity index (χ1v) is 14.1. The third-order valence-electron chi connectivity index (χ3n) is 5.60. The van der Waals surface area contributed by atoms with Gasteiger partial charge in [0.2, 0.25) is 11.8 Å². The van der Waals surface area contributed by atoms with Crippen LogP contribution in [0.25, 0.3) is 0 Å². The summed E-state index contributed by atoms with van der Waals surface area (Å²) in [7, 11) is 0. The minimum atomic E-state index is -0.692. The van der Waals surface area contributed by atoms with Crippen molar-refractivity contribution in [3.05, 3.63) is 105 Å². The molecule has 3 aromatic rings. The Morgan fingerprint density at radius 2 is 1.78 bits per heavy atom. The molecule has 0 aliphatic rings. The van der Waals surface area contributed by atoms with E-state index in [1.165, 1.54) is 17.8 Å². The summed E-state index contributed by atoms with van der Waals surface area (Å²) in [5.74, 6) is -0.432. The Morgan fingerprint density at radius 1 is 1.06 bits per heavy atom. The van der Waals surface area contributed by atoms with E-state index in [-0.39, 0.29) is 29.9 Å². The summed E-state index contributed by atoms with van der Waals surface area (Å²) in [5, 5.41) is 3.30. The Kier molecular flexibility index (Phi) is 11.3. The van der Waals surface area contributed by atoms with Gasteiger partial charge in [0.25, 0.3) is 0 Å². The fraction of sp³-hybridized carbons (Fsp3) is 0.286. The molecule has 1 N–H and O–H groups in total. The van der Waals surface area contributed by atoms with Crippen LogP contribution < -0.4 is 5.32 Å². The highest BCUT2D eigenvalue weighted by atomic mass is 79.9. The van der Waals surface area contributed by atoms with E-state index in [0.717, 1.165) is 22.0 Å². The molecule has 8 heteroatoms. The van der Waals surface area contributed by atoms with Crippen LogP contribution in [0, 0.1) is 5.82 Å². The summed E-state index contributed by atoms with van der Waals surface area (Å²) < 4.78 is 15.1. The lowest BCUT2D eigenvalue weighted by Gasteiger charge is -2.31. The minimum absolute atomic E-state index is 0.0883. The van der Waals surface area contributed by atoms with Gasteiger partial charge in [0.1, 0.15) is 11.9 Å². The molecule has 3 aromatic carbocycles. The van der Waals surface area contributed by atoms with Gasteiger partial charge in [0.15, 0.2) is 0 Å². The van der Waals surface area contributed by atoms with Crippen molar-refractivity contribution in [3.63, 3.8) is 0 Å². The lowest BCUT2D eigenvalue weighted by atomic mass is 10.0. The Bertz CT molecular complexity index is 1150. The van der Waals surface area contributed by atoms with Gasteiger partial charge in [-0.05, 0) is 41.8 Å². The lowest BCUT2D eigenvalue weighted by Crippen LogP contribution is -2.51. The zero-order valence-electron chi connectivity index (χ0n) is 20.1. The highest BCUT2D eigenvalue weighted by Gasteiger charge is 2.30. The van der Waals surface area contributed by atoms with Crippen LogP contribution in [0.3, 0.4) is 0 Å². The molecule has 0 unspecified atom stereocenters. The fourth-order valence-electron chi connectivity index (χ4n) is 3.75. The minimum Gasteiger partial charge on any atom is -0.354 e. The van der Waals surface area contributed by atoms with Gasteiger partial charge < -0.3 is 10.2 Å². The van der Waals surface area contributed by atoms with Crippen molar-refractivity contribution >= 4 is 51.1 Å². The van der Waals surface area contributed by atoms with Gasteiger partial charge in [-0.15, -0.1) is 11.8 Å². The van der Waals surface area contributed by atoms with E-state index in [0.29, 0.717) is 23.6 Å². The van der Waals surface area contributed by atoms with Gasteiger partial charge in [-0.25, -0.2) is 4.39 Å². The number of hydrogen-bond acceptors (Lipinski definition) is 3. The van der Waals surface area contributed by atoms with Crippen molar-refractivity contribution in [2.24, 2.45) is 0 Å². The number of halogens is 3. The quantitative estimate of drug-likeness (QED) is 0.257. The van der Waals surface area contributed by atoms with Crippen LogP contribution in [0.1, 0.15) is 30.0 Å². The van der Waals surface area contributed by atoms with Crippen LogP contribution in [0.15, 0.2) is 77.3 Å². The Labute approximate surface area is 229 Å². The first-order chi connectivity index (χ1) is 17.4. The first kappa shape index (κ1) is 28.2.